The Hall–Kier alpha value is -3.52. The topological polar surface area (TPSA) is 118 Å². The molecule has 2 heterocycles. The van der Waals surface area contributed by atoms with Crippen molar-refractivity contribution in [1.29, 1.82) is 0 Å². The van der Waals surface area contributed by atoms with Crippen LogP contribution in [0.3, 0.4) is 0 Å². The van der Waals surface area contributed by atoms with Gasteiger partial charge in [0.15, 0.2) is 11.5 Å². The summed E-state index contributed by atoms with van der Waals surface area (Å²) in [6, 6.07) is 7.53. The van der Waals surface area contributed by atoms with Crippen molar-refractivity contribution in [2.45, 2.75) is 38.7 Å². The predicted octanol–water partition coefficient (Wildman–Crippen LogP) is 6.06. The van der Waals surface area contributed by atoms with Gasteiger partial charge in [-0.05, 0) is 52.5 Å². The molecule has 3 N–H and O–H groups in total. The lowest BCUT2D eigenvalue weighted by Gasteiger charge is -2.17. The Balaban J connectivity index is 1.98. The SMILES string of the molecule is CCCc1nc(NC)c(C(=O)NCC)n1Cc1c2ccocc-2c(Br)c1-c1ccccc1NS(=O)(=O)C(F)(F)F. The van der Waals surface area contributed by atoms with Crippen LogP contribution in [0, 0.1) is 0 Å². The van der Waals surface area contributed by atoms with Crippen molar-refractivity contribution in [3.63, 3.8) is 0 Å². The number of hydrogen-bond acceptors (Lipinski definition) is 6. The lowest BCUT2D eigenvalue weighted by Crippen LogP contribution is -2.30. The van der Waals surface area contributed by atoms with Crippen molar-refractivity contribution in [1.82, 2.24) is 14.9 Å². The maximum atomic E-state index is 13.3. The van der Waals surface area contributed by atoms with Crippen LogP contribution in [0.1, 0.15) is 42.1 Å². The van der Waals surface area contributed by atoms with Crippen LogP contribution in [-0.4, -0.2) is 43.0 Å². The number of aromatic nitrogens is 2. The van der Waals surface area contributed by atoms with Crippen LogP contribution >= 0.6 is 15.9 Å². The van der Waals surface area contributed by atoms with Crippen LogP contribution in [0.2, 0.25) is 0 Å². The number of alkyl halides is 3. The summed E-state index contributed by atoms with van der Waals surface area (Å²) in [6.45, 7) is 4.28. The molecule has 4 rings (SSSR count). The van der Waals surface area contributed by atoms with E-state index in [1.165, 1.54) is 30.7 Å². The number of rotatable bonds is 10. The second-order valence-corrected chi connectivity index (χ2v) is 11.3. The monoisotopic (exact) mass is 641 g/mol. The highest BCUT2D eigenvalue weighted by Crippen LogP contribution is 2.48. The summed E-state index contributed by atoms with van der Waals surface area (Å²) in [4.78, 5) is 17.8. The molecule has 0 fully saturated rings. The van der Waals surface area contributed by atoms with E-state index in [1.807, 2.05) is 6.92 Å². The van der Waals surface area contributed by atoms with Crippen LogP contribution in [0.5, 0.6) is 0 Å². The summed E-state index contributed by atoms with van der Waals surface area (Å²) in [7, 11) is -4.03. The lowest BCUT2D eigenvalue weighted by molar-refractivity contribution is -0.0429. The quantitative estimate of drug-likeness (QED) is 0.194. The summed E-state index contributed by atoms with van der Waals surface area (Å²) >= 11 is 3.57. The fourth-order valence-electron chi connectivity index (χ4n) is 4.53. The number of carbonyl (C=O) groups is 1. The molecular formula is C26H27BrF3N5O4S. The Labute approximate surface area is 237 Å². The maximum Gasteiger partial charge on any atom is 0.516 e. The standard InChI is InChI=1S/C26H27BrF3N5O4S/c1-4-8-20-33-24(31-3)23(25(36)32-5-2)35(20)13-17-15-11-12-39-14-18(15)22(27)21(17)16-9-6-7-10-19(16)34-40(37,38)26(28,29)30/h6-7,9-12,14,31,34H,4-5,8,13H2,1-3H3,(H,32,36). The molecule has 1 aromatic heterocycles. The van der Waals surface area contributed by atoms with Crippen molar-refractivity contribution in [2.75, 3.05) is 23.6 Å². The number of sulfonamides is 1. The van der Waals surface area contributed by atoms with E-state index < -0.39 is 15.5 Å². The number of nitrogens with one attached hydrogen (secondary N) is 3. The molecule has 0 saturated carbocycles. The molecule has 40 heavy (non-hydrogen) atoms. The van der Waals surface area contributed by atoms with Gasteiger partial charge in [0.2, 0.25) is 0 Å². The number of fused-ring (bicyclic) bond motifs is 1. The van der Waals surface area contributed by atoms with Crippen molar-refractivity contribution in [3.8, 4) is 22.3 Å². The highest BCUT2D eigenvalue weighted by atomic mass is 79.9. The van der Waals surface area contributed by atoms with Crippen LogP contribution in [0.4, 0.5) is 24.7 Å². The molecule has 9 nitrogen and oxygen atoms in total. The number of amides is 1. The first-order valence-corrected chi connectivity index (χ1v) is 14.6. The van der Waals surface area contributed by atoms with E-state index in [-0.39, 0.29) is 23.7 Å². The van der Waals surface area contributed by atoms with Crippen molar-refractivity contribution in [3.05, 3.63) is 64.4 Å². The molecule has 1 amide bonds. The first-order valence-electron chi connectivity index (χ1n) is 12.3. The van der Waals surface area contributed by atoms with Crippen molar-refractivity contribution >= 4 is 43.4 Å². The first kappa shape index (κ1) is 29.5. The summed E-state index contributed by atoms with van der Waals surface area (Å²) in [5.41, 5.74) is -2.87. The fraction of sp³-hybridized carbons (Fsp3) is 0.308. The molecule has 1 aliphatic carbocycles. The second kappa shape index (κ2) is 11.5. The van der Waals surface area contributed by atoms with Gasteiger partial charge in [-0.3, -0.25) is 9.52 Å². The number of para-hydroxylation sites is 1. The minimum Gasteiger partial charge on any atom is -0.472 e. The molecule has 0 unspecified atom stereocenters. The molecule has 0 bridgehead atoms. The number of nitrogens with zero attached hydrogens (tertiary/aromatic N) is 2. The van der Waals surface area contributed by atoms with Crippen LogP contribution in [-0.2, 0) is 23.0 Å². The zero-order valence-corrected chi connectivity index (χ0v) is 24.2. The highest BCUT2D eigenvalue weighted by molar-refractivity contribution is 9.10. The van der Waals surface area contributed by atoms with E-state index >= 15 is 0 Å². The Bertz CT molecular complexity index is 1610. The largest absolute Gasteiger partial charge is 0.516 e. The smallest absolute Gasteiger partial charge is 0.472 e. The number of anilines is 2. The van der Waals surface area contributed by atoms with Gasteiger partial charge in [0.25, 0.3) is 5.91 Å². The molecule has 0 spiro atoms. The average Bonchev–Trinajstić information content (AvgIpc) is 3.39. The molecule has 214 valence electrons. The van der Waals surface area contributed by atoms with Gasteiger partial charge >= 0.3 is 15.5 Å². The van der Waals surface area contributed by atoms with Crippen molar-refractivity contribution in [2.24, 2.45) is 0 Å². The lowest BCUT2D eigenvalue weighted by atomic mass is 10.0. The van der Waals surface area contributed by atoms with E-state index in [0.717, 1.165) is 6.42 Å². The van der Waals surface area contributed by atoms with Gasteiger partial charge in [-0.25, -0.2) is 4.98 Å². The minimum atomic E-state index is -5.69. The number of carbonyl (C=O) groups excluding carboxylic acids is 1. The average molecular weight is 642 g/mol. The zero-order valence-electron chi connectivity index (χ0n) is 21.8. The summed E-state index contributed by atoms with van der Waals surface area (Å²) < 4.78 is 73.3. The van der Waals surface area contributed by atoms with Gasteiger partial charge in [-0.15, -0.1) is 0 Å². The number of imidazole rings is 1. The Morgan fingerprint density at radius 2 is 1.85 bits per heavy atom. The van der Waals surface area contributed by atoms with E-state index in [1.54, 1.807) is 35.4 Å². The normalized spacial score (nSPS) is 12.1. The summed E-state index contributed by atoms with van der Waals surface area (Å²) in [5, 5.41) is 5.79. The van der Waals surface area contributed by atoms with Crippen LogP contribution in [0.15, 0.2) is 51.7 Å². The van der Waals surface area contributed by atoms with Gasteiger partial charge < -0.3 is 19.6 Å². The molecule has 1 aromatic carbocycles. The van der Waals surface area contributed by atoms with E-state index in [4.69, 9.17) is 4.42 Å². The molecule has 2 aliphatic rings. The fourth-order valence-corrected chi connectivity index (χ4v) is 5.87. The van der Waals surface area contributed by atoms with Gasteiger partial charge in [0.05, 0.1) is 24.8 Å². The van der Waals surface area contributed by atoms with Gasteiger partial charge in [0.1, 0.15) is 5.82 Å². The van der Waals surface area contributed by atoms with Crippen molar-refractivity contribution < 1.29 is 30.8 Å². The van der Waals surface area contributed by atoms with Gasteiger partial charge in [-0.2, -0.15) is 21.6 Å². The van der Waals surface area contributed by atoms with Gasteiger partial charge in [0, 0.05) is 41.2 Å². The molecule has 0 radical (unpaired) electrons. The van der Waals surface area contributed by atoms with E-state index in [0.29, 0.717) is 57.0 Å². The zero-order chi connectivity index (χ0) is 29.2. The Morgan fingerprint density at radius 3 is 2.50 bits per heavy atom. The Kier molecular flexibility index (Phi) is 8.49. The third kappa shape index (κ3) is 5.42. The molecule has 14 heteroatoms. The molecular weight excluding hydrogens is 615 g/mol. The first-order chi connectivity index (χ1) is 18.9. The van der Waals surface area contributed by atoms with Crippen LogP contribution in [0.25, 0.3) is 22.3 Å². The molecule has 1 aliphatic heterocycles. The number of aryl methyl sites for hydroxylation is 1. The summed E-state index contributed by atoms with van der Waals surface area (Å²) in [5.74, 6) is 0.682. The predicted molar refractivity (Wildman–Crippen MR) is 150 cm³/mol. The third-order valence-corrected chi connectivity index (χ3v) is 8.17. The van der Waals surface area contributed by atoms with E-state index in [9.17, 15) is 26.4 Å². The molecule has 0 atom stereocenters. The highest BCUT2D eigenvalue weighted by Gasteiger charge is 2.46. The van der Waals surface area contributed by atoms with Crippen LogP contribution < -0.4 is 15.4 Å². The summed E-state index contributed by atoms with van der Waals surface area (Å²) in [6.07, 6.45) is 4.25. The second-order valence-electron chi connectivity index (χ2n) is 8.82. The Morgan fingerprint density at radius 1 is 1.12 bits per heavy atom. The minimum absolute atomic E-state index is 0.109. The van der Waals surface area contributed by atoms with Gasteiger partial charge in [-0.1, -0.05) is 25.1 Å². The molecule has 0 saturated heterocycles. The molecule has 2 aromatic rings. The number of halogens is 4. The number of benzene rings is 1. The third-order valence-electron chi connectivity index (χ3n) is 6.24. The van der Waals surface area contributed by atoms with E-state index in [2.05, 4.69) is 31.5 Å². The maximum absolute atomic E-state index is 13.3. The number of hydrogen-bond donors (Lipinski definition) is 3.